The van der Waals surface area contributed by atoms with Crippen LogP contribution in [-0.2, 0) is 10.0 Å². The minimum absolute atomic E-state index is 0.0941. The molecule has 5 nitrogen and oxygen atoms in total. The van der Waals surface area contributed by atoms with E-state index < -0.39 is 10.0 Å². The van der Waals surface area contributed by atoms with Crippen molar-refractivity contribution in [3.8, 4) is 0 Å². The first-order valence-corrected chi connectivity index (χ1v) is 11.2. The van der Waals surface area contributed by atoms with Crippen LogP contribution in [0.1, 0.15) is 15.9 Å². The Bertz CT molecular complexity index is 1080. The first kappa shape index (κ1) is 20.0. The van der Waals surface area contributed by atoms with Gasteiger partial charge in [0.2, 0.25) is 0 Å². The zero-order valence-corrected chi connectivity index (χ0v) is 17.1. The summed E-state index contributed by atoms with van der Waals surface area (Å²) in [5.74, 6) is -0.298. The molecule has 0 bridgehead atoms. The fourth-order valence-corrected chi connectivity index (χ4v) is 4.09. The van der Waals surface area contributed by atoms with Crippen LogP contribution in [0.4, 0.5) is 11.4 Å². The number of amides is 1. The van der Waals surface area contributed by atoms with Crippen LogP contribution in [0.5, 0.6) is 0 Å². The molecule has 0 saturated carbocycles. The third-order valence-corrected chi connectivity index (χ3v) is 6.29. The van der Waals surface area contributed by atoms with Gasteiger partial charge in [0.15, 0.2) is 0 Å². The van der Waals surface area contributed by atoms with Crippen LogP contribution in [0.15, 0.2) is 82.6 Å². The highest BCUT2D eigenvalue weighted by molar-refractivity contribution is 7.98. The van der Waals surface area contributed by atoms with Gasteiger partial charge in [-0.05, 0) is 73.3 Å². The molecule has 0 aromatic heterocycles. The molecule has 7 heteroatoms. The van der Waals surface area contributed by atoms with Crippen LogP contribution in [-0.4, -0.2) is 20.6 Å². The van der Waals surface area contributed by atoms with Gasteiger partial charge in [-0.15, -0.1) is 11.8 Å². The van der Waals surface area contributed by atoms with Gasteiger partial charge in [0.1, 0.15) is 0 Å². The number of hydrogen-bond acceptors (Lipinski definition) is 4. The summed E-state index contributed by atoms with van der Waals surface area (Å²) in [5.41, 5.74) is 2.41. The maximum Gasteiger partial charge on any atom is 0.261 e. The van der Waals surface area contributed by atoms with E-state index in [1.807, 2.05) is 49.6 Å². The van der Waals surface area contributed by atoms with E-state index in [1.165, 1.54) is 24.3 Å². The average molecular weight is 413 g/mol. The second kappa shape index (κ2) is 8.50. The lowest BCUT2D eigenvalue weighted by atomic mass is 10.2. The van der Waals surface area contributed by atoms with Gasteiger partial charge >= 0.3 is 0 Å². The second-order valence-electron chi connectivity index (χ2n) is 6.13. The largest absolute Gasteiger partial charge is 0.322 e. The number of carbonyl (C=O) groups excluding carboxylic acids is 1. The van der Waals surface area contributed by atoms with Crippen LogP contribution < -0.4 is 10.0 Å². The molecule has 0 atom stereocenters. The molecule has 3 rings (SSSR count). The Hall–Kier alpha value is -2.77. The van der Waals surface area contributed by atoms with Gasteiger partial charge in [0.25, 0.3) is 15.9 Å². The monoisotopic (exact) mass is 412 g/mol. The van der Waals surface area contributed by atoms with Crippen LogP contribution in [0.3, 0.4) is 0 Å². The Kier molecular flexibility index (Phi) is 6.06. The van der Waals surface area contributed by atoms with Gasteiger partial charge in [-0.3, -0.25) is 9.52 Å². The van der Waals surface area contributed by atoms with Gasteiger partial charge in [-0.25, -0.2) is 8.42 Å². The molecule has 2 N–H and O–H groups in total. The molecular formula is C21H20N2O3S2. The van der Waals surface area contributed by atoms with Gasteiger partial charge in [-0.1, -0.05) is 18.2 Å². The fraction of sp³-hybridized carbons (Fsp3) is 0.0952. The van der Waals surface area contributed by atoms with Crippen LogP contribution in [0, 0.1) is 6.92 Å². The van der Waals surface area contributed by atoms with E-state index in [2.05, 4.69) is 10.0 Å². The zero-order chi connectivity index (χ0) is 20.1. The van der Waals surface area contributed by atoms with E-state index in [-0.39, 0.29) is 10.8 Å². The third-order valence-electron chi connectivity index (χ3n) is 4.16. The Balaban J connectivity index is 1.73. The highest BCUT2D eigenvalue weighted by Crippen LogP contribution is 2.21. The molecule has 0 fully saturated rings. The van der Waals surface area contributed by atoms with Crippen LogP contribution in [0.2, 0.25) is 0 Å². The Morgan fingerprint density at radius 2 is 1.54 bits per heavy atom. The molecular weight excluding hydrogens is 392 g/mol. The molecule has 0 heterocycles. The first-order chi connectivity index (χ1) is 13.4. The second-order valence-corrected chi connectivity index (χ2v) is 8.69. The van der Waals surface area contributed by atoms with E-state index in [0.29, 0.717) is 16.9 Å². The Morgan fingerprint density at radius 3 is 2.14 bits per heavy atom. The smallest absolute Gasteiger partial charge is 0.261 e. The maximum absolute atomic E-state index is 12.6. The van der Waals surface area contributed by atoms with Crippen molar-refractivity contribution in [3.05, 3.63) is 83.9 Å². The van der Waals surface area contributed by atoms with E-state index in [1.54, 1.807) is 23.9 Å². The van der Waals surface area contributed by atoms with Crippen LogP contribution >= 0.6 is 11.8 Å². The molecule has 0 aliphatic rings. The molecule has 1 amide bonds. The van der Waals surface area contributed by atoms with Crippen molar-refractivity contribution in [2.75, 3.05) is 16.3 Å². The maximum atomic E-state index is 12.6. The summed E-state index contributed by atoms with van der Waals surface area (Å²) >= 11 is 1.62. The van der Waals surface area contributed by atoms with E-state index >= 15 is 0 Å². The van der Waals surface area contributed by atoms with E-state index in [0.717, 1.165) is 10.5 Å². The molecule has 144 valence electrons. The standard InChI is InChI=1S/C21H20N2O3S2/c1-15-5-3-4-6-20(15)23-28(25,26)19-13-7-16(8-14-19)21(24)22-17-9-11-18(27-2)12-10-17/h3-14,23H,1-2H3,(H,22,24). The van der Waals surface area contributed by atoms with E-state index in [9.17, 15) is 13.2 Å². The number of nitrogens with one attached hydrogen (secondary N) is 2. The normalized spacial score (nSPS) is 11.1. The minimum Gasteiger partial charge on any atom is -0.322 e. The Morgan fingerprint density at radius 1 is 0.893 bits per heavy atom. The third kappa shape index (κ3) is 4.74. The summed E-state index contributed by atoms with van der Waals surface area (Å²) in [6.45, 7) is 1.83. The molecule has 3 aromatic rings. The number of anilines is 2. The number of sulfonamides is 1. The number of hydrogen-bond donors (Lipinski definition) is 2. The van der Waals surface area contributed by atoms with Crippen molar-refractivity contribution in [1.82, 2.24) is 0 Å². The summed E-state index contributed by atoms with van der Waals surface area (Å²) < 4.78 is 27.7. The zero-order valence-electron chi connectivity index (χ0n) is 15.5. The lowest BCUT2D eigenvalue weighted by molar-refractivity contribution is 0.102. The van der Waals surface area contributed by atoms with Crippen molar-refractivity contribution < 1.29 is 13.2 Å². The minimum atomic E-state index is -3.73. The number of para-hydroxylation sites is 1. The molecule has 0 spiro atoms. The molecule has 0 unspecified atom stereocenters. The summed E-state index contributed by atoms with van der Waals surface area (Å²) in [7, 11) is -3.73. The summed E-state index contributed by atoms with van der Waals surface area (Å²) in [6, 6.07) is 20.5. The Labute approximate surface area is 169 Å². The van der Waals surface area contributed by atoms with Crippen LogP contribution in [0.25, 0.3) is 0 Å². The summed E-state index contributed by atoms with van der Waals surface area (Å²) in [5, 5.41) is 2.80. The van der Waals surface area contributed by atoms with Crippen molar-refractivity contribution >= 4 is 39.1 Å². The predicted octanol–water partition coefficient (Wildman–Crippen LogP) is 4.77. The molecule has 3 aromatic carbocycles. The highest BCUT2D eigenvalue weighted by atomic mass is 32.2. The van der Waals surface area contributed by atoms with Gasteiger partial charge in [-0.2, -0.15) is 0 Å². The molecule has 28 heavy (non-hydrogen) atoms. The molecule has 0 saturated heterocycles. The summed E-state index contributed by atoms with van der Waals surface area (Å²) in [4.78, 5) is 13.6. The quantitative estimate of drug-likeness (QED) is 0.572. The number of thioether (sulfide) groups is 1. The SMILES string of the molecule is CSc1ccc(NC(=O)c2ccc(S(=O)(=O)Nc3ccccc3C)cc2)cc1. The average Bonchev–Trinajstić information content (AvgIpc) is 2.70. The van der Waals surface area contributed by atoms with Crippen molar-refractivity contribution in [3.63, 3.8) is 0 Å². The van der Waals surface area contributed by atoms with Gasteiger partial charge < -0.3 is 5.32 Å². The van der Waals surface area contributed by atoms with Gasteiger partial charge in [0, 0.05) is 16.1 Å². The number of rotatable bonds is 6. The highest BCUT2D eigenvalue weighted by Gasteiger charge is 2.16. The number of aryl methyl sites for hydroxylation is 1. The molecule has 0 aliphatic heterocycles. The van der Waals surface area contributed by atoms with Crippen molar-refractivity contribution in [1.29, 1.82) is 0 Å². The van der Waals surface area contributed by atoms with Crippen molar-refractivity contribution in [2.24, 2.45) is 0 Å². The summed E-state index contributed by atoms with van der Waals surface area (Å²) in [6.07, 6.45) is 1.98. The number of benzene rings is 3. The topological polar surface area (TPSA) is 75.3 Å². The number of carbonyl (C=O) groups is 1. The first-order valence-electron chi connectivity index (χ1n) is 8.53. The lowest BCUT2D eigenvalue weighted by Gasteiger charge is -2.11. The predicted molar refractivity (Wildman–Crippen MR) is 115 cm³/mol. The fourth-order valence-electron chi connectivity index (χ4n) is 2.55. The van der Waals surface area contributed by atoms with Crippen molar-refractivity contribution in [2.45, 2.75) is 16.7 Å². The van der Waals surface area contributed by atoms with Gasteiger partial charge in [0.05, 0.1) is 10.6 Å². The van der Waals surface area contributed by atoms with E-state index in [4.69, 9.17) is 0 Å². The molecule has 0 aliphatic carbocycles. The molecule has 0 radical (unpaired) electrons. The lowest BCUT2D eigenvalue weighted by Crippen LogP contribution is -2.15.